The fourth-order valence-electron chi connectivity index (χ4n) is 2.14. The van der Waals surface area contributed by atoms with Gasteiger partial charge in [-0.25, -0.2) is 19.8 Å². The molecule has 0 radical (unpaired) electrons. The van der Waals surface area contributed by atoms with Gasteiger partial charge in [-0.05, 0) is 40.8 Å². The predicted molar refractivity (Wildman–Crippen MR) is 101 cm³/mol. The summed E-state index contributed by atoms with van der Waals surface area (Å²) in [4.78, 5) is 25.3. The van der Waals surface area contributed by atoms with E-state index in [4.69, 9.17) is 21.5 Å². The Labute approximate surface area is 165 Å². The number of hydroxylamine groups is 1. The summed E-state index contributed by atoms with van der Waals surface area (Å²) >= 11 is 8.08. The van der Waals surface area contributed by atoms with E-state index in [-0.39, 0.29) is 41.1 Å². The van der Waals surface area contributed by atoms with Crippen molar-refractivity contribution in [1.82, 2.24) is 19.8 Å². The zero-order valence-electron chi connectivity index (χ0n) is 13.0. The highest BCUT2D eigenvalue weighted by Crippen LogP contribution is 2.27. The number of aromatic nitrogens is 3. The number of hydrogen-bond acceptors (Lipinski definition) is 6. The molecule has 2 aromatic heterocycles. The minimum absolute atomic E-state index is 0.0733. The van der Waals surface area contributed by atoms with Crippen molar-refractivity contribution in [3.8, 4) is 0 Å². The number of anilines is 2. The molecule has 0 saturated heterocycles. The van der Waals surface area contributed by atoms with E-state index in [0.717, 1.165) is 3.57 Å². The Balaban J connectivity index is 2.04. The topological polar surface area (TPSA) is 101 Å². The molecular formula is C15H12ClFIN5O3. The maximum absolute atomic E-state index is 14.2. The first-order valence-corrected chi connectivity index (χ1v) is 8.73. The van der Waals surface area contributed by atoms with Gasteiger partial charge in [-0.1, -0.05) is 11.6 Å². The van der Waals surface area contributed by atoms with Crippen molar-refractivity contribution < 1.29 is 19.1 Å². The van der Waals surface area contributed by atoms with E-state index in [9.17, 15) is 9.18 Å². The summed E-state index contributed by atoms with van der Waals surface area (Å²) < 4.78 is 16.4. The largest absolute Gasteiger partial charge is 0.394 e. The third-order valence-electron chi connectivity index (χ3n) is 3.25. The number of nitrogens with zero attached hydrogens (tertiary/aromatic N) is 3. The molecule has 0 unspecified atom stereocenters. The number of aliphatic hydroxyl groups excluding tert-OH is 1. The van der Waals surface area contributed by atoms with Crippen LogP contribution >= 0.6 is 34.2 Å². The van der Waals surface area contributed by atoms with E-state index in [2.05, 4.69) is 20.8 Å². The van der Waals surface area contributed by atoms with Gasteiger partial charge in [-0.2, -0.15) is 0 Å². The molecule has 26 heavy (non-hydrogen) atoms. The van der Waals surface area contributed by atoms with Crippen LogP contribution in [0.15, 0.2) is 30.7 Å². The van der Waals surface area contributed by atoms with Crippen molar-refractivity contribution in [2.24, 2.45) is 0 Å². The van der Waals surface area contributed by atoms with E-state index in [1.54, 1.807) is 12.1 Å². The zero-order valence-corrected chi connectivity index (χ0v) is 16.0. The van der Waals surface area contributed by atoms with Crippen LogP contribution in [0.2, 0.25) is 5.02 Å². The lowest BCUT2D eigenvalue weighted by molar-refractivity contribution is 0.0166. The third-order valence-corrected chi connectivity index (χ3v) is 4.19. The molecule has 3 N–H and O–H groups in total. The molecule has 0 saturated carbocycles. The molecule has 2 heterocycles. The second-order valence-electron chi connectivity index (χ2n) is 5.00. The highest BCUT2D eigenvalue weighted by molar-refractivity contribution is 14.1. The van der Waals surface area contributed by atoms with Gasteiger partial charge < -0.3 is 10.4 Å². The first-order chi connectivity index (χ1) is 12.5. The highest BCUT2D eigenvalue weighted by Gasteiger charge is 2.22. The van der Waals surface area contributed by atoms with Gasteiger partial charge >= 0.3 is 0 Å². The number of amides is 1. The molecule has 8 nitrogen and oxygen atoms in total. The molecule has 0 fully saturated rings. The Morgan fingerprint density at radius 3 is 3.00 bits per heavy atom. The Bertz CT molecular complexity index is 968. The Kier molecular flexibility index (Phi) is 5.86. The molecule has 136 valence electrons. The maximum atomic E-state index is 14.2. The van der Waals surface area contributed by atoms with Gasteiger partial charge in [0.05, 0.1) is 25.1 Å². The summed E-state index contributed by atoms with van der Waals surface area (Å²) in [6.45, 7) is -0.351. The number of halogens is 3. The number of carbonyl (C=O) groups excluding carboxylic acids is 1. The Morgan fingerprint density at radius 2 is 2.27 bits per heavy atom. The molecule has 0 aliphatic heterocycles. The molecule has 0 bridgehead atoms. The molecule has 1 aromatic carbocycles. The SMILES string of the molecule is O=C(NOCCO)c1nc2c(Cl)cncn2c1Nc1ccc(I)cc1F. The predicted octanol–water partition coefficient (Wildman–Crippen LogP) is 2.52. The molecular weight excluding hydrogens is 480 g/mol. The van der Waals surface area contributed by atoms with Gasteiger partial charge in [0.15, 0.2) is 11.3 Å². The van der Waals surface area contributed by atoms with Gasteiger partial charge in [0.25, 0.3) is 5.91 Å². The molecule has 1 amide bonds. The quantitative estimate of drug-likeness (QED) is 0.278. The first-order valence-electron chi connectivity index (χ1n) is 7.28. The van der Waals surface area contributed by atoms with Crippen molar-refractivity contribution in [3.63, 3.8) is 0 Å². The van der Waals surface area contributed by atoms with E-state index in [1.807, 2.05) is 22.6 Å². The molecule has 11 heteroatoms. The fourth-order valence-corrected chi connectivity index (χ4v) is 2.79. The summed E-state index contributed by atoms with van der Waals surface area (Å²) in [6.07, 6.45) is 2.77. The number of carbonyl (C=O) groups is 1. The minimum atomic E-state index is -0.688. The van der Waals surface area contributed by atoms with E-state index in [0.29, 0.717) is 0 Å². The molecule has 0 spiro atoms. The van der Waals surface area contributed by atoms with E-state index < -0.39 is 11.7 Å². The molecule has 3 aromatic rings. The lowest BCUT2D eigenvalue weighted by Gasteiger charge is -2.10. The second-order valence-corrected chi connectivity index (χ2v) is 6.65. The minimum Gasteiger partial charge on any atom is -0.394 e. The van der Waals surface area contributed by atoms with Crippen molar-refractivity contribution in [2.45, 2.75) is 0 Å². The monoisotopic (exact) mass is 491 g/mol. The zero-order chi connectivity index (χ0) is 18.7. The number of nitrogens with one attached hydrogen (secondary N) is 2. The van der Waals surface area contributed by atoms with E-state index in [1.165, 1.54) is 23.0 Å². The van der Waals surface area contributed by atoms with Crippen LogP contribution in [-0.4, -0.2) is 38.6 Å². The maximum Gasteiger partial charge on any atom is 0.297 e. The van der Waals surface area contributed by atoms with Gasteiger partial charge in [-0.3, -0.25) is 14.0 Å². The van der Waals surface area contributed by atoms with Crippen molar-refractivity contribution in [3.05, 3.63) is 50.8 Å². The number of hydrogen-bond donors (Lipinski definition) is 3. The summed E-state index contributed by atoms with van der Waals surface area (Å²) in [5.41, 5.74) is 2.50. The average Bonchev–Trinajstić information content (AvgIpc) is 2.98. The van der Waals surface area contributed by atoms with Crippen LogP contribution in [0.1, 0.15) is 10.5 Å². The number of benzene rings is 1. The van der Waals surface area contributed by atoms with Gasteiger partial charge in [0.2, 0.25) is 0 Å². The lowest BCUT2D eigenvalue weighted by atomic mass is 10.3. The normalized spacial score (nSPS) is 10.9. The fraction of sp³-hybridized carbons (Fsp3) is 0.133. The van der Waals surface area contributed by atoms with Crippen molar-refractivity contribution in [2.75, 3.05) is 18.5 Å². The van der Waals surface area contributed by atoms with Crippen LogP contribution in [0.5, 0.6) is 0 Å². The number of aliphatic hydroxyl groups is 1. The number of imidazole rings is 1. The molecule has 0 aliphatic carbocycles. The second kappa shape index (κ2) is 8.12. The number of rotatable bonds is 6. The van der Waals surface area contributed by atoms with Crippen molar-refractivity contribution in [1.29, 1.82) is 0 Å². The molecule has 3 rings (SSSR count). The lowest BCUT2D eigenvalue weighted by Crippen LogP contribution is -2.26. The summed E-state index contributed by atoms with van der Waals surface area (Å²) in [5, 5.41) is 11.8. The van der Waals surface area contributed by atoms with E-state index >= 15 is 0 Å². The van der Waals surface area contributed by atoms with Gasteiger partial charge in [-0.15, -0.1) is 0 Å². The summed E-state index contributed by atoms with van der Waals surface area (Å²) in [6, 6.07) is 4.60. The van der Waals surface area contributed by atoms with Crippen molar-refractivity contribution >= 4 is 57.3 Å². The van der Waals surface area contributed by atoms with Crippen LogP contribution in [-0.2, 0) is 4.84 Å². The first kappa shape index (κ1) is 18.8. The smallest absolute Gasteiger partial charge is 0.297 e. The highest BCUT2D eigenvalue weighted by atomic mass is 127. The Hall–Kier alpha value is -2.02. The molecule has 0 atom stereocenters. The van der Waals surface area contributed by atoms with Gasteiger partial charge in [0, 0.05) is 3.57 Å². The van der Waals surface area contributed by atoms with Crippen LogP contribution < -0.4 is 10.8 Å². The van der Waals surface area contributed by atoms with Gasteiger partial charge in [0.1, 0.15) is 23.0 Å². The summed E-state index contributed by atoms with van der Waals surface area (Å²) in [7, 11) is 0. The molecule has 0 aliphatic rings. The standard InChI is InChI=1S/C15H12ClFIN5O3/c16-9-6-19-7-23-13(9)21-12(15(25)22-26-4-3-24)14(23)20-11-2-1-8(18)5-10(11)17/h1-2,5-7,20,24H,3-4H2,(H,22,25). The summed E-state index contributed by atoms with van der Waals surface area (Å²) in [5.74, 6) is -1.02. The van der Waals surface area contributed by atoms with Crippen LogP contribution in [0.4, 0.5) is 15.9 Å². The number of fused-ring (bicyclic) bond motifs is 1. The Morgan fingerprint density at radius 1 is 1.46 bits per heavy atom. The van der Waals surface area contributed by atoms with Crippen LogP contribution in [0, 0.1) is 9.39 Å². The van der Waals surface area contributed by atoms with Crippen LogP contribution in [0.3, 0.4) is 0 Å². The average molecular weight is 492 g/mol. The third kappa shape index (κ3) is 3.87. The van der Waals surface area contributed by atoms with Crippen LogP contribution in [0.25, 0.3) is 5.65 Å².